The van der Waals surface area contributed by atoms with Crippen molar-refractivity contribution in [1.82, 2.24) is 15.1 Å². The summed E-state index contributed by atoms with van der Waals surface area (Å²) in [6.07, 6.45) is 4.85. The van der Waals surface area contributed by atoms with Crippen LogP contribution in [-0.2, 0) is 15.1 Å². The maximum Gasteiger partial charge on any atom is 0.262 e. The molecule has 0 atom stereocenters. The second-order valence-corrected chi connectivity index (χ2v) is 6.23. The van der Waals surface area contributed by atoms with Crippen LogP contribution in [0, 0.1) is 0 Å². The van der Waals surface area contributed by atoms with Crippen LogP contribution in [0.2, 0.25) is 0 Å². The van der Waals surface area contributed by atoms with Crippen molar-refractivity contribution in [2.45, 2.75) is 18.4 Å². The maximum absolute atomic E-state index is 13.1. The number of anilines is 2. The number of hydrogen-bond donors (Lipinski definition) is 3. The molecule has 0 unspecified atom stereocenters. The molecular formula is C17H19N5O3. The quantitative estimate of drug-likeness (QED) is 0.772. The zero-order chi connectivity index (χ0) is 17.3. The first kappa shape index (κ1) is 15.6. The Kier molecular flexibility index (Phi) is 3.89. The molecule has 0 saturated carbocycles. The third-order valence-electron chi connectivity index (χ3n) is 4.67. The summed E-state index contributed by atoms with van der Waals surface area (Å²) < 4.78 is 7.16. The first-order chi connectivity index (χ1) is 12.2. The van der Waals surface area contributed by atoms with E-state index in [1.54, 1.807) is 29.1 Å². The molecule has 1 aromatic heterocycles. The Hall–Kier alpha value is -2.87. The van der Waals surface area contributed by atoms with Gasteiger partial charge in [0.15, 0.2) is 6.61 Å². The van der Waals surface area contributed by atoms with Crippen LogP contribution in [0.25, 0.3) is 0 Å². The molecular weight excluding hydrogens is 322 g/mol. The van der Waals surface area contributed by atoms with Gasteiger partial charge in [-0.15, -0.1) is 0 Å². The van der Waals surface area contributed by atoms with Gasteiger partial charge < -0.3 is 20.7 Å². The average Bonchev–Trinajstić information content (AvgIpc) is 3.17. The van der Waals surface area contributed by atoms with Gasteiger partial charge in [0, 0.05) is 24.1 Å². The number of ether oxygens (including phenoxy) is 1. The van der Waals surface area contributed by atoms with Crippen molar-refractivity contribution in [2.75, 3.05) is 30.3 Å². The number of benzene rings is 1. The number of amides is 2. The fourth-order valence-corrected chi connectivity index (χ4v) is 3.32. The summed E-state index contributed by atoms with van der Waals surface area (Å²) in [4.78, 5) is 24.4. The van der Waals surface area contributed by atoms with E-state index in [2.05, 4.69) is 21.0 Å². The van der Waals surface area contributed by atoms with Crippen molar-refractivity contribution in [3.8, 4) is 5.75 Å². The molecule has 2 aliphatic heterocycles. The number of nitrogens with zero attached hydrogens (tertiary/aromatic N) is 2. The molecule has 0 spiro atoms. The minimum atomic E-state index is -0.709. The third kappa shape index (κ3) is 2.85. The highest BCUT2D eigenvalue weighted by atomic mass is 16.5. The van der Waals surface area contributed by atoms with Gasteiger partial charge in [0.2, 0.25) is 0 Å². The molecule has 2 aromatic rings. The van der Waals surface area contributed by atoms with Crippen LogP contribution in [0.5, 0.6) is 5.75 Å². The Morgan fingerprint density at radius 3 is 2.92 bits per heavy atom. The van der Waals surface area contributed by atoms with Gasteiger partial charge in [-0.25, -0.2) is 0 Å². The summed E-state index contributed by atoms with van der Waals surface area (Å²) in [6.45, 7) is 1.49. The van der Waals surface area contributed by atoms with Gasteiger partial charge in [-0.2, -0.15) is 5.10 Å². The van der Waals surface area contributed by atoms with E-state index in [9.17, 15) is 9.59 Å². The zero-order valence-corrected chi connectivity index (χ0v) is 13.6. The minimum absolute atomic E-state index is 0.0205. The number of rotatable bonds is 3. The molecule has 8 heteroatoms. The second-order valence-electron chi connectivity index (χ2n) is 6.23. The van der Waals surface area contributed by atoms with Crippen LogP contribution in [0.4, 0.5) is 11.4 Å². The number of carbonyl (C=O) groups excluding carboxylic acids is 2. The van der Waals surface area contributed by atoms with Crippen molar-refractivity contribution in [3.05, 3.63) is 36.7 Å². The molecule has 1 aromatic carbocycles. The highest BCUT2D eigenvalue weighted by molar-refractivity contribution is 5.99. The summed E-state index contributed by atoms with van der Waals surface area (Å²) >= 11 is 0. The molecule has 0 radical (unpaired) electrons. The lowest BCUT2D eigenvalue weighted by molar-refractivity contribution is -0.126. The SMILES string of the molecule is O=C1COc2cc(NC(=O)C3(n4cccn4)CCNCC3)ccc2N1. The fourth-order valence-electron chi connectivity index (χ4n) is 3.32. The lowest BCUT2D eigenvalue weighted by atomic mass is 9.87. The molecule has 1 fully saturated rings. The number of carbonyl (C=O) groups is 2. The van der Waals surface area contributed by atoms with Crippen molar-refractivity contribution in [2.24, 2.45) is 0 Å². The first-order valence-electron chi connectivity index (χ1n) is 8.26. The maximum atomic E-state index is 13.1. The van der Waals surface area contributed by atoms with Crippen LogP contribution >= 0.6 is 0 Å². The molecule has 2 amide bonds. The summed E-state index contributed by atoms with van der Waals surface area (Å²) in [5.74, 6) is 0.268. The highest BCUT2D eigenvalue weighted by Crippen LogP contribution is 2.33. The molecule has 8 nitrogen and oxygen atoms in total. The monoisotopic (exact) mass is 341 g/mol. The molecule has 0 bridgehead atoms. The highest BCUT2D eigenvalue weighted by Gasteiger charge is 2.42. The lowest BCUT2D eigenvalue weighted by Crippen LogP contribution is -2.52. The van der Waals surface area contributed by atoms with E-state index in [0.717, 1.165) is 13.1 Å². The van der Waals surface area contributed by atoms with Crippen molar-refractivity contribution in [1.29, 1.82) is 0 Å². The van der Waals surface area contributed by atoms with Crippen LogP contribution in [0.1, 0.15) is 12.8 Å². The van der Waals surface area contributed by atoms with Gasteiger partial charge in [-0.3, -0.25) is 14.3 Å². The summed E-state index contributed by atoms with van der Waals surface area (Å²) in [5, 5.41) is 13.3. The minimum Gasteiger partial charge on any atom is -0.482 e. The van der Waals surface area contributed by atoms with Gasteiger partial charge in [0.25, 0.3) is 11.8 Å². The molecule has 3 N–H and O–H groups in total. The van der Waals surface area contributed by atoms with Crippen molar-refractivity contribution >= 4 is 23.2 Å². The van der Waals surface area contributed by atoms with Crippen LogP contribution < -0.4 is 20.7 Å². The lowest BCUT2D eigenvalue weighted by Gasteiger charge is -2.36. The van der Waals surface area contributed by atoms with Gasteiger partial charge in [0.05, 0.1) is 5.69 Å². The van der Waals surface area contributed by atoms with Crippen molar-refractivity contribution in [3.63, 3.8) is 0 Å². The van der Waals surface area contributed by atoms with E-state index in [1.807, 2.05) is 12.3 Å². The number of aromatic nitrogens is 2. The predicted octanol–water partition coefficient (Wildman–Crippen LogP) is 0.931. The third-order valence-corrected chi connectivity index (χ3v) is 4.67. The van der Waals surface area contributed by atoms with E-state index in [0.29, 0.717) is 30.0 Å². The Balaban J connectivity index is 1.59. The topological polar surface area (TPSA) is 97.3 Å². The molecule has 2 aliphatic rings. The smallest absolute Gasteiger partial charge is 0.262 e. The Morgan fingerprint density at radius 1 is 1.32 bits per heavy atom. The molecule has 3 heterocycles. The van der Waals surface area contributed by atoms with E-state index < -0.39 is 5.54 Å². The Bertz CT molecular complexity index is 797. The zero-order valence-electron chi connectivity index (χ0n) is 13.6. The van der Waals surface area contributed by atoms with Crippen molar-refractivity contribution < 1.29 is 14.3 Å². The van der Waals surface area contributed by atoms with Gasteiger partial charge in [-0.05, 0) is 44.1 Å². The summed E-state index contributed by atoms with van der Waals surface area (Å²) in [7, 11) is 0. The molecule has 130 valence electrons. The predicted molar refractivity (Wildman–Crippen MR) is 91.5 cm³/mol. The van der Waals surface area contributed by atoms with Gasteiger partial charge in [-0.1, -0.05) is 0 Å². The normalized spacial score (nSPS) is 18.6. The van der Waals surface area contributed by atoms with Gasteiger partial charge >= 0.3 is 0 Å². The molecule has 4 rings (SSSR count). The average molecular weight is 341 g/mol. The van der Waals surface area contributed by atoms with Crippen LogP contribution in [0.3, 0.4) is 0 Å². The van der Waals surface area contributed by atoms with Crippen LogP contribution in [0.15, 0.2) is 36.7 Å². The summed E-state index contributed by atoms with van der Waals surface area (Å²) in [6, 6.07) is 7.03. The van der Waals surface area contributed by atoms with Gasteiger partial charge in [0.1, 0.15) is 11.3 Å². The number of piperidine rings is 1. The van der Waals surface area contributed by atoms with Crippen LogP contribution in [-0.4, -0.2) is 41.3 Å². The second kappa shape index (κ2) is 6.21. The number of nitrogens with one attached hydrogen (secondary N) is 3. The number of fused-ring (bicyclic) bond motifs is 1. The van der Waals surface area contributed by atoms with E-state index in [-0.39, 0.29) is 18.4 Å². The Morgan fingerprint density at radius 2 is 2.16 bits per heavy atom. The van der Waals surface area contributed by atoms with E-state index in [4.69, 9.17) is 4.74 Å². The van der Waals surface area contributed by atoms with E-state index in [1.165, 1.54) is 0 Å². The fraction of sp³-hybridized carbons (Fsp3) is 0.353. The van der Waals surface area contributed by atoms with E-state index >= 15 is 0 Å². The first-order valence-corrected chi connectivity index (χ1v) is 8.26. The molecule has 25 heavy (non-hydrogen) atoms. The molecule has 1 saturated heterocycles. The number of hydrogen-bond acceptors (Lipinski definition) is 5. The molecule has 0 aliphatic carbocycles. The largest absolute Gasteiger partial charge is 0.482 e. The standard InChI is InChI=1S/C17H19N5O3/c23-15-11-25-14-10-12(2-3-13(14)21-15)20-16(24)17(4-7-18-8-5-17)22-9-1-6-19-22/h1-3,6,9-10,18H,4-5,7-8,11H2,(H,20,24)(H,21,23). The Labute approximate surface area is 144 Å². The summed E-state index contributed by atoms with van der Waals surface area (Å²) in [5.41, 5.74) is 0.530.